The van der Waals surface area contributed by atoms with Gasteiger partial charge >= 0.3 is 5.97 Å². The van der Waals surface area contributed by atoms with Crippen molar-refractivity contribution in [3.63, 3.8) is 0 Å². The maximum absolute atomic E-state index is 11.2. The number of fused-ring (bicyclic) bond motifs is 1. The summed E-state index contributed by atoms with van der Waals surface area (Å²) in [4.78, 5) is 23.8. The molecule has 19 heavy (non-hydrogen) atoms. The van der Waals surface area contributed by atoms with E-state index >= 15 is 0 Å². The van der Waals surface area contributed by atoms with E-state index in [4.69, 9.17) is 5.11 Å². The van der Waals surface area contributed by atoms with E-state index in [1.54, 1.807) is 18.3 Å². The molecule has 6 heteroatoms. The summed E-state index contributed by atoms with van der Waals surface area (Å²) < 4.78 is 0. The molecule has 96 valence electrons. The van der Waals surface area contributed by atoms with Crippen molar-refractivity contribution in [1.82, 2.24) is 15.0 Å². The van der Waals surface area contributed by atoms with Crippen molar-refractivity contribution in [2.45, 2.75) is 29.3 Å². The maximum Gasteiger partial charge on any atom is 0.338 e. The lowest BCUT2D eigenvalue weighted by Gasteiger charge is -2.07. The Hall–Kier alpha value is -1.95. The Kier molecular flexibility index (Phi) is 3.16. The molecule has 0 saturated carbocycles. The third-order valence-electron chi connectivity index (χ3n) is 3.03. The predicted molar refractivity (Wildman–Crippen MR) is 69.4 cm³/mol. The molecule has 1 aliphatic carbocycles. The van der Waals surface area contributed by atoms with Crippen LogP contribution < -0.4 is 0 Å². The number of hydrogen-bond acceptors (Lipinski definition) is 5. The Morgan fingerprint density at radius 1 is 1.21 bits per heavy atom. The number of nitrogens with zero attached hydrogens (tertiary/aromatic N) is 3. The molecule has 0 fully saturated rings. The summed E-state index contributed by atoms with van der Waals surface area (Å²) >= 11 is 1.30. The molecule has 0 saturated heterocycles. The van der Waals surface area contributed by atoms with E-state index in [2.05, 4.69) is 15.0 Å². The zero-order valence-electron chi connectivity index (χ0n) is 10.0. The summed E-state index contributed by atoms with van der Waals surface area (Å²) in [5.74, 6) is -0.971. The van der Waals surface area contributed by atoms with Crippen LogP contribution in [0.25, 0.3) is 0 Å². The van der Waals surface area contributed by atoms with Gasteiger partial charge in [-0.3, -0.25) is 0 Å². The number of pyridine rings is 1. The molecule has 2 aromatic heterocycles. The summed E-state index contributed by atoms with van der Waals surface area (Å²) in [6.45, 7) is 0. The average Bonchev–Trinajstić information content (AvgIpc) is 2.88. The van der Waals surface area contributed by atoms with Gasteiger partial charge in [-0.1, -0.05) is 0 Å². The lowest BCUT2D eigenvalue weighted by atomic mass is 10.3. The zero-order chi connectivity index (χ0) is 13.2. The van der Waals surface area contributed by atoms with Crippen LogP contribution in [0, 0.1) is 0 Å². The van der Waals surface area contributed by atoms with E-state index in [1.807, 2.05) is 0 Å². The lowest BCUT2D eigenvalue weighted by molar-refractivity contribution is 0.0692. The average molecular weight is 273 g/mol. The third kappa shape index (κ3) is 2.31. The zero-order valence-corrected chi connectivity index (χ0v) is 10.9. The highest BCUT2D eigenvalue weighted by molar-refractivity contribution is 7.99. The summed E-state index contributed by atoms with van der Waals surface area (Å²) in [6, 6.07) is 3.18. The summed E-state index contributed by atoms with van der Waals surface area (Å²) in [7, 11) is 0. The van der Waals surface area contributed by atoms with Crippen molar-refractivity contribution in [2.24, 2.45) is 0 Å². The first-order chi connectivity index (χ1) is 9.25. The molecular weight excluding hydrogens is 262 g/mol. The van der Waals surface area contributed by atoms with Crippen molar-refractivity contribution < 1.29 is 9.90 Å². The van der Waals surface area contributed by atoms with Gasteiger partial charge in [-0.25, -0.2) is 19.7 Å². The number of aryl methyl sites for hydroxylation is 1. The highest BCUT2D eigenvalue weighted by Gasteiger charge is 2.20. The third-order valence-corrected chi connectivity index (χ3v) is 4.09. The number of carboxylic acids is 1. The molecular formula is C13H11N3O2S. The van der Waals surface area contributed by atoms with Gasteiger partial charge in [0.1, 0.15) is 16.4 Å². The minimum Gasteiger partial charge on any atom is -0.478 e. The van der Waals surface area contributed by atoms with E-state index < -0.39 is 5.97 Å². The smallest absolute Gasteiger partial charge is 0.338 e. The summed E-state index contributed by atoms with van der Waals surface area (Å²) in [5.41, 5.74) is 2.41. The van der Waals surface area contributed by atoms with Crippen molar-refractivity contribution in [3.8, 4) is 0 Å². The molecule has 0 bridgehead atoms. The van der Waals surface area contributed by atoms with Gasteiger partial charge in [0.05, 0.1) is 5.56 Å². The fourth-order valence-electron chi connectivity index (χ4n) is 2.14. The lowest BCUT2D eigenvalue weighted by Crippen LogP contribution is -2.01. The van der Waals surface area contributed by atoms with E-state index in [1.165, 1.54) is 18.1 Å². The minimum atomic E-state index is -0.971. The Morgan fingerprint density at radius 3 is 2.95 bits per heavy atom. The molecule has 0 aliphatic heterocycles. The number of carbonyl (C=O) groups is 1. The van der Waals surface area contributed by atoms with Gasteiger partial charge in [0.25, 0.3) is 0 Å². The van der Waals surface area contributed by atoms with Crippen molar-refractivity contribution in [3.05, 3.63) is 41.5 Å². The van der Waals surface area contributed by atoms with E-state index in [0.29, 0.717) is 5.03 Å². The van der Waals surface area contributed by atoms with Crippen LogP contribution in [0.15, 0.2) is 34.7 Å². The highest BCUT2D eigenvalue weighted by atomic mass is 32.2. The number of aromatic nitrogens is 3. The van der Waals surface area contributed by atoms with Crippen molar-refractivity contribution in [2.75, 3.05) is 0 Å². The van der Waals surface area contributed by atoms with Gasteiger partial charge in [0, 0.05) is 17.5 Å². The topological polar surface area (TPSA) is 76.0 Å². The molecule has 0 spiro atoms. The number of hydrogen-bond donors (Lipinski definition) is 1. The molecule has 2 aromatic rings. The van der Waals surface area contributed by atoms with Crippen molar-refractivity contribution >= 4 is 17.7 Å². The largest absolute Gasteiger partial charge is 0.478 e. The van der Waals surface area contributed by atoms with Gasteiger partial charge in [-0.05, 0) is 43.2 Å². The SMILES string of the molecule is O=C(O)c1cccnc1Sc1ncnc2c1CCC2. The standard InChI is InChI=1S/C13H11N3O2S/c17-13(18)9-4-2-6-14-12(9)19-11-8-3-1-5-10(8)15-7-16-11/h2,4,6-7H,1,3,5H2,(H,17,18). The minimum absolute atomic E-state index is 0.206. The Bertz CT molecular complexity index is 646. The van der Waals surface area contributed by atoms with Gasteiger partial charge < -0.3 is 5.11 Å². The molecule has 0 amide bonds. The second kappa shape index (κ2) is 4.97. The summed E-state index contributed by atoms with van der Waals surface area (Å²) in [6.07, 6.45) is 6.13. The molecule has 0 radical (unpaired) electrons. The van der Waals surface area contributed by atoms with Gasteiger partial charge in [-0.15, -0.1) is 0 Å². The predicted octanol–water partition coefficient (Wildman–Crippen LogP) is 2.21. The van der Waals surface area contributed by atoms with E-state index in [9.17, 15) is 4.79 Å². The number of aromatic carboxylic acids is 1. The molecule has 1 N–H and O–H groups in total. The maximum atomic E-state index is 11.2. The van der Waals surface area contributed by atoms with E-state index in [-0.39, 0.29) is 5.56 Å². The first-order valence-corrected chi connectivity index (χ1v) is 6.76. The van der Waals surface area contributed by atoms with Crippen LogP contribution in [0.1, 0.15) is 28.0 Å². The van der Waals surface area contributed by atoms with Crippen LogP contribution in [-0.4, -0.2) is 26.0 Å². The van der Waals surface area contributed by atoms with Crippen LogP contribution in [0.2, 0.25) is 0 Å². The fraction of sp³-hybridized carbons (Fsp3) is 0.231. The second-order valence-electron chi connectivity index (χ2n) is 4.22. The first kappa shape index (κ1) is 12.1. The van der Waals surface area contributed by atoms with Gasteiger partial charge in [-0.2, -0.15) is 0 Å². The molecule has 0 atom stereocenters. The molecule has 0 aromatic carbocycles. The van der Waals surface area contributed by atoms with Crippen LogP contribution in [-0.2, 0) is 12.8 Å². The van der Waals surface area contributed by atoms with E-state index in [0.717, 1.165) is 35.5 Å². The molecule has 5 nitrogen and oxygen atoms in total. The van der Waals surface area contributed by atoms with Crippen LogP contribution in [0.5, 0.6) is 0 Å². The Labute approximate surface area is 114 Å². The number of carboxylic acid groups (broad SMARTS) is 1. The number of rotatable bonds is 3. The normalized spacial score (nSPS) is 13.3. The van der Waals surface area contributed by atoms with Gasteiger partial charge in [0.15, 0.2) is 0 Å². The molecule has 0 unspecified atom stereocenters. The highest BCUT2D eigenvalue weighted by Crippen LogP contribution is 2.33. The monoisotopic (exact) mass is 273 g/mol. The van der Waals surface area contributed by atoms with Crippen LogP contribution in [0.3, 0.4) is 0 Å². The quantitative estimate of drug-likeness (QED) is 0.864. The second-order valence-corrected chi connectivity index (χ2v) is 5.20. The Balaban J connectivity index is 1.99. The molecule has 1 aliphatic rings. The van der Waals surface area contributed by atoms with Crippen LogP contribution >= 0.6 is 11.8 Å². The summed E-state index contributed by atoms with van der Waals surface area (Å²) in [5, 5.41) is 10.4. The Morgan fingerprint density at radius 2 is 2.11 bits per heavy atom. The molecule has 3 rings (SSSR count). The van der Waals surface area contributed by atoms with Crippen molar-refractivity contribution in [1.29, 1.82) is 0 Å². The first-order valence-electron chi connectivity index (χ1n) is 5.94. The fourth-order valence-corrected chi connectivity index (χ4v) is 3.15. The van der Waals surface area contributed by atoms with Gasteiger partial charge in [0.2, 0.25) is 0 Å². The van der Waals surface area contributed by atoms with Crippen LogP contribution in [0.4, 0.5) is 0 Å². The molecule has 2 heterocycles.